The third-order valence-corrected chi connectivity index (χ3v) is 5.70. The number of hydrogen-bond donors (Lipinski definition) is 0. The van der Waals surface area contributed by atoms with Crippen LogP contribution in [0, 0.1) is 10.8 Å². The number of carbonyl (C=O) groups is 3. The molecule has 2 aliphatic heterocycles. The van der Waals surface area contributed by atoms with Gasteiger partial charge in [-0.2, -0.15) is 0 Å². The maximum atomic E-state index is 13.5. The molecule has 24 heavy (non-hydrogen) atoms. The second kappa shape index (κ2) is 7.24. The number of hydrogen-bond acceptors (Lipinski definition) is 3. The van der Waals surface area contributed by atoms with Gasteiger partial charge < -0.3 is 9.80 Å². The highest BCUT2D eigenvalue weighted by Crippen LogP contribution is 2.47. The molecule has 5 nitrogen and oxygen atoms in total. The molecular weight excluding hydrogens is 304 g/mol. The highest BCUT2D eigenvalue weighted by atomic mass is 16.2. The predicted octanol–water partition coefficient (Wildman–Crippen LogP) is 2.63. The average molecular weight is 336 g/mol. The molecule has 2 saturated heterocycles. The number of Topliss-reactive ketones (excluding diaryl/α,β-unsaturated/α-hetero) is 1. The largest absolute Gasteiger partial charge is 0.341 e. The Morgan fingerprint density at radius 1 is 0.792 bits per heavy atom. The van der Waals surface area contributed by atoms with Crippen LogP contribution in [-0.4, -0.2) is 53.6 Å². The lowest BCUT2D eigenvalue weighted by Gasteiger charge is -2.57. The molecule has 2 rings (SSSR count). The fourth-order valence-electron chi connectivity index (χ4n) is 4.82. The normalized spacial score (nSPS) is 29.8. The van der Waals surface area contributed by atoms with E-state index in [9.17, 15) is 14.4 Å². The monoisotopic (exact) mass is 336 g/mol. The molecule has 2 bridgehead atoms. The van der Waals surface area contributed by atoms with E-state index in [2.05, 4.69) is 13.8 Å². The topological polar surface area (TPSA) is 57.7 Å². The first-order chi connectivity index (χ1) is 11.4. The van der Waals surface area contributed by atoms with Gasteiger partial charge in [-0.25, -0.2) is 0 Å². The van der Waals surface area contributed by atoms with E-state index in [1.54, 1.807) is 0 Å². The molecule has 0 spiro atoms. The Morgan fingerprint density at radius 2 is 1.12 bits per heavy atom. The molecule has 5 heteroatoms. The third kappa shape index (κ3) is 3.09. The van der Waals surface area contributed by atoms with Crippen molar-refractivity contribution in [2.75, 3.05) is 26.2 Å². The number of amides is 2. The minimum Gasteiger partial charge on any atom is -0.341 e. The quantitative estimate of drug-likeness (QED) is 0.749. The minimum absolute atomic E-state index is 0.124. The highest BCUT2D eigenvalue weighted by molar-refractivity contribution is 5.96. The molecule has 136 valence electrons. The van der Waals surface area contributed by atoms with Gasteiger partial charge in [0.15, 0.2) is 5.78 Å². The van der Waals surface area contributed by atoms with Crippen LogP contribution in [0.25, 0.3) is 0 Å². The Morgan fingerprint density at radius 3 is 1.38 bits per heavy atom. The molecule has 2 amide bonds. The van der Waals surface area contributed by atoms with Gasteiger partial charge in [0.1, 0.15) is 0 Å². The summed E-state index contributed by atoms with van der Waals surface area (Å²) in [6, 6.07) is 0. The van der Waals surface area contributed by atoms with Gasteiger partial charge in [-0.05, 0) is 12.8 Å². The lowest BCUT2D eigenvalue weighted by molar-refractivity contribution is -0.171. The molecule has 0 aliphatic carbocycles. The summed E-state index contributed by atoms with van der Waals surface area (Å²) in [6.45, 7) is 9.81. The van der Waals surface area contributed by atoms with E-state index in [4.69, 9.17) is 0 Å². The van der Waals surface area contributed by atoms with Gasteiger partial charge in [0, 0.05) is 39.0 Å². The zero-order valence-electron chi connectivity index (χ0n) is 15.7. The number of fused-ring (bicyclic) bond motifs is 2. The van der Waals surface area contributed by atoms with Gasteiger partial charge in [0.05, 0.1) is 10.8 Å². The lowest BCUT2D eigenvalue weighted by atomic mass is 9.59. The zero-order valence-corrected chi connectivity index (χ0v) is 15.7. The molecule has 2 heterocycles. The average Bonchev–Trinajstić information content (AvgIpc) is 2.55. The summed E-state index contributed by atoms with van der Waals surface area (Å²) >= 11 is 0. The predicted molar refractivity (Wildman–Crippen MR) is 93.4 cm³/mol. The fraction of sp³-hybridized carbons (Fsp3) is 0.842. The van der Waals surface area contributed by atoms with Crippen molar-refractivity contribution < 1.29 is 14.4 Å². The summed E-state index contributed by atoms with van der Waals surface area (Å²) in [6.07, 6.45) is 4.20. The third-order valence-electron chi connectivity index (χ3n) is 5.70. The zero-order chi connectivity index (χ0) is 18.0. The summed E-state index contributed by atoms with van der Waals surface area (Å²) in [5.74, 6) is 0.552. The van der Waals surface area contributed by atoms with Gasteiger partial charge in [0.2, 0.25) is 11.8 Å². The summed E-state index contributed by atoms with van der Waals surface area (Å²) in [5, 5.41) is 0. The van der Waals surface area contributed by atoms with Crippen LogP contribution in [-0.2, 0) is 14.4 Å². The smallest absolute Gasteiger partial charge is 0.222 e. The number of piperidine rings is 2. The van der Waals surface area contributed by atoms with Crippen LogP contribution in [0.5, 0.6) is 0 Å². The first kappa shape index (κ1) is 18.9. The Balaban J connectivity index is 2.47. The number of carbonyl (C=O) groups excluding carboxylic acids is 3. The first-order valence-corrected chi connectivity index (χ1v) is 9.48. The molecule has 0 unspecified atom stereocenters. The van der Waals surface area contributed by atoms with Crippen LogP contribution in [0.3, 0.4) is 0 Å². The van der Waals surface area contributed by atoms with Crippen molar-refractivity contribution in [2.45, 2.75) is 66.2 Å². The second-order valence-electron chi connectivity index (χ2n) is 7.60. The van der Waals surface area contributed by atoms with E-state index in [-0.39, 0.29) is 11.8 Å². The molecule has 0 atom stereocenters. The molecule has 0 radical (unpaired) electrons. The van der Waals surface area contributed by atoms with Crippen LogP contribution < -0.4 is 0 Å². The summed E-state index contributed by atoms with van der Waals surface area (Å²) in [7, 11) is 0. The molecule has 0 aromatic carbocycles. The Kier molecular flexibility index (Phi) is 5.71. The van der Waals surface area contributed by atoms with Crippen molar-refractivity contribution in [3.63, 3.8) is 0 Å². The Hall–Kier alpha value is -1.39. The van der Waals surface area contributed by atoms with E-state index in [1.165, 1.54) is 0 Å². The van der Waals surface area contributed by atoms with Crippen molar-refractivity contribution >= 4 is 17.6 Å². The Bertz CT molecular complexity index is 459. The minimum atomic E-state index is -0.573. The molecule has 0 aromatic heterocycles. The van der Waals surface area contributed by atoms with Crippen molar-refractivity contribution in [3.8, 4) is 0 Å². The molecule has 0 N–H and O–H groups in total. The fourth-order valence-corrected chi connectivity index (χ4v) is 4.82. The van der Waals surface area contributed by atoms with Crippen molar-refractivity contribution in [2.24, 2.45) is 10.8 Å². The van der Waals surface area contributed by atoms with Crippen molar-refractivity contribution in [1.82, 2.24) is 9.80 Å². The SMILES string of the molecule is CCCC12CN(C(=O)CC)CC(CCC)(CN(C(=O)CC)C1)C2=O. The van der Waals surface area contributed by atoms with Gasteiger partial charge in [-0.15, -0.1) is 0 Å². The summed E-state index contributed by atoms with van der Waals surface area (Å²) < 4.78 is 0. The molecule has 2 aliphatic rings. The van der Waals surface area contributed by atoms with Crippen molar-refractivity contribution in [1.29, 1.82) is 0 Å². The van der Waals surface area contributed by atoms with Crippen LogP contribution in [0.1, 0.15) is 66.2 Å². The van der Waals surface area contributed by atoms with Gasteiger partial charge in [-0.1, -0.05) is 40.5 Å². The van der Waals surface area contributed by atoms with E-state index in [1.807, 2.05) is 23.6 Å². The maximum absolute atomic E-state index is 13.5. The molecule has 0 saturated carbocycles. The molecule has 2 fully saturated rings. The van der Waals surface area contributed by atoms with E-state index >= 15 is 0 Å². The second-order valence-corrected chi connectivity index (χ2v) is 7.60. The first-order valence-electron chi connectivity index (χ1n) is 9.48. The van der Waals surface area contributed by atoms with Crippen LogP contribution in [0.2, 0.25) is 0 Å². The lowest BCUT2D eigenvalue weighted by Crippen LogP contribution is -2.71. The van der Waals surface area contributed by atoms with Gasteiger partial charge in [-0.3, -0.25) is 14.4 Å². The van der Waals surface area contributed by atoms with E-state index < -0.39 is 10.8 Å². The van der Waals surface area contributed by atoms with Gasteiger partial charge >= 0.3 is 0 Å². The van der Waals surface area contributed by atoms with E-state index in [0.29, 0.717) is 44.8 Å². The summed E-state index contributed by atoms with van der Waals surface area (Å²) in [5.41, 5.74) is -1.15. The molecular formula is C19H32N2O3. The number of nitrogens with zero attached hydrogens (tertiary/aromatic N) is 2. The van der Waals surface area contributed by atoms with Crippen LogP contribution in [0.4, 0.5) is 0 Å². The van der Waals surface area contributed by atoms with Crippen LogP contribution >= 0.6 is 0 Å². The maximum Gasteiger partial charge on any atom is 0.222 e. The van der Waals surface area contributed by atoms with E-state index in [0.717, 1.165) is 25.7 Å². The highest BCUT2D eigenvalue weighted by Gasteiger charge is 2.60. The Labute approximate surface area is 145 Å². The summed E-state index contributed by atoms with van der Waals surface area (Å²) in [4.78, 5) is 42.1. The standard InChI is InChI=1S/C19H32N2O3/c1-5-9-18-11-20(15(22)7-3)13-19(10-6-2,17(18)24)14-21(12-18)16(23)8-4/h5-14H2,1-4H3. The van der Waals surface area contributed by atoms with Crippen LogP contribution in [0.15, 0.2) is 0 Å². The number of ketones is 1. The molecule has 0 aromatic rings. The number of likely N-dealkylation sites (tertiary alicyclic amines) is 2. The van der Waals surface area contributed by atoms with Crippen molar-refractivity contribution in [3.05, 3.63) is 0 Å². The van der Waals surface area contributed by atoms with Gasteiger partial charge in [0.25, 0.3) is 0 Å². The number of rotatable bonds is 6.